The van der Waals surface area contributed by atoms with Crippen LogP contribution in [-0.2, 0) is 5.60 Å². The lowest BCUT2D eigenvalue weighted by Gasteiger charge is -2.27. The summed E-state index contributed by atoms with van der Waals surface area (Å²) in [6.07, 6.45) is 0.976. The number of aromatic nitrogens is 1. The van der Waals surface area contributed by atoms with Gasteiger partial charge >= 0.3 is 0 Å². The molecule has 0 saturated heterocycles. The van der Waals surface area contributed by atoms with E-state index in [1.54, 1.807) is 0 Å². The Kier molecular flexibility index (Phi) is 3.09. The molecule has 0 aliphatic rings. The van der Waals surface area contributed by atoms with Gasteiger partial charge in [0.25, 0.3) is 0 Å². The maximum atomic E-state index is 10.2. The Morgan fingerprint density at radius 3 is 2.69 bits per heavy atom. The molecule has 1 N–H and O–H groups in total. The van der Waals surface area contributed by atoms with E-state index in [4.69, 9.17) is 0 Å². The highest BCUT2D eigenvalue weighted by molar-refractivity contribution is 7.06. The Labute approximate surface area is 83.8 Å². The van der Waals surface area contributed by atoms with Gasteiger partial charge in [-0.25, -0.2) is 0 Å². The van der Waals surface area contributed by atoms with Gasteiger partial charge in [-0.15, -0.1) is 0 Å². The maximum Gasteiger partial charge on any atom is 0.100 e. The fourth-order valence-corrected chi connectivity index (χ4v) is 2.15. The van der Waals surface area contributed by atoms with Gasteiger partial charge in [0.2, 0.25) is 0 Å². The van der Waals surface area contributed by atoms with Crippen LogP contribution in [0, 0.1) is 12.8 Å². The highest BCUT2D eigenvalue weighted by Crippen LogP contribution is 2.33. The molecule has 1 aromatic heterocycles. The number of aryl methyl sites for hydroxylation is 1. The first-order valence-corrected chi connectivity index (χ1v) is 5.42. The van der Waals surface area contributed by atoms with Crippen LogP contribution in [-0.4, -0.2) is 9.48 Å². The zero-order chi connectivity index (χ0) is 10.1. The van der Waals surface area contributed by atoms with Gasteiger partial charge in [-0.3, -0.25) is 0 Å². The van der Waals surface area contributed by atoms with Crippen molar-refractivity contribution in [3.63, 3.8) is 0 Å². The number of hydrogen-bond acceptors (Lipinski definition) is 3. The molecular weight excluding hydrogens is 182 g/mol. The minimum Gasteiger partial charge on any atom is -0.384 e. The first-order valence-electron chi connectivity index (χ1n) is 4.64. The topological polar surface area (TPSA) is 33.1 Å². The van der Waals surface area contributed by atoms with Gasteiger partial charge in [-0.05, 0) is 37.4 Å². The van der Waals surface area contributed by atoms with Crippen LogP contribution in [0.5, 0.6) is 0 Å². The quantitative estimate of drug-likeness (QED) is 0.812. The summed E-state index contributed by atoms with van der Waals surface area (Å²) in [4.78, 5) is 0.972. The van der Waals surface area contributed by atoms with Crippen LogP contribution in [0.3, 0.4) is 0 Å². The van der Waals surface area contributed by atoms with Crippen molar-refractivity contribution >= 4 is 11.5 Å². The van der Waals surface area contributed by atoms with Crippen LogP contribution in [0.1, 0.15) is 37.8 Å². The molecule has 0 aliphatic heterocycles. The summed E-state index contributed by atoms with van der Waals surface area (Å²) in [6, 6.07) is 1.97. The van der Waals surface area contributed by atoms with Crippen molar-refractivity contribution in [2.75, 3.05) is 0 Å². The second-order valence-corrected chi connectivity index (χ2v) is 4.59. The molecule has 0 amide bonds. The van der Waals surface area contributed by atoms with Crippen molar-refractivity contribution < 1.29 is 5.11 Å². The van der Waals surface area contributed by atoms with Gasteiger partial charge in [0, 0.05) is 0 Å². The van der Waals surface area contributed by atoms with Crippen LogP contribution in [0.4, 0.5) is 0 Å². The van der Waals surface area contributed by atoms with E-state index in [0.717, 1.165) is 17.0 Å². The Morgan fingerprint density at radius 1 is 1.69 bits per heavy atom. The fraction of sp³-hybridized carbons (Fsp3) is 0.700. The Balaban J connectivity index is 2.92. The molecule has 74 valence electrons. The molecule has 0 bridgehead atoms. The van der Waals surface area contributed by atoms with Gasteiger partial charge in [-0.1, -0.05) is 20.3 Å². The van der Waals surface area contributed by atoms with Crippen LogP contribution in [0.25, 0.3) is 0 Å². The van der Waals surface area contributed by atoms with Crippen molar-refractivity contribution in [1.82, 2.24) is 4.37 Å². The Bertz CT molecular complexity index is 280. The van der Waals surface area contributed by atoms with E-state index < -0.39 is 5.60 Å². The molecule has 1 heterocycles. The SMILES string of the molecule is CCC(C)C(C)(O)c1cc(C)ns1. The molecular formula is C10H17NOS. The van der Waals surface area contributed by atoms with Crippen LogP contribution in [0.2, 0.25) is 0 Å². The molecule has 1 aromatic rings. The molecule has 2 nitrogen and oxygen atoms in total. The summed E-state index contributed by atoms with van der Waals surface area (Å²) in [6.45, 7) is 7.98. The minimum atomic E-state index is -0.722. The lowest BCUT2D eigenvalue weighted by atomic mass is 9.87. The summed E-state index contributed by atoms with van der Waals surface area (Å²) in [7, 11) is 0. The van der Waals surface area contributed by atoms with Crippen LogP contribution >= 0.6 is 11.5 Å². The number of aliphatic hydroxyl groups is 1. The molecule has 0 aromatic carbocycles. The zero-order valence-electron chi connectivity index (χ0n) is 8.66. The van der Waals surface area contributed by atoms with Gasteiger partial charge in [0.15, 0.2) is 0 Å². The highest BCUT2D eigenvalue weighted by atomic mass is 32.1. The van der Waals surface area contributed by atoms with E-state index in [-0.39, 0.29) is 5.92 Å². The number of rotatable bonds is 3. The third-order valence-electron chi connectivity index (χ3n) is 2.70. The molecule has 0 aliphatic carbocycles. The smallest absolute Gasteiger partial charge is 0.100 e. The second kappa shape index (κ2) is 3.76. The van der Waals surface area contributed by atoms with E-state index in [1.807, 2.05) is 19.9 Å². The molecule has 13 heavy (non-hydrogen) atoms. The van der Waals surface area contributed by atoms with Gasteiger partial charge in [0.1, 0.15) is 5.60 Å². The molecule has 0 radical (unpaired) electrons. The monoisotopic (exact) mass is 199 g/mol. The van der Waals surface area contributed by atoms with Gasteiger partial charge in [0.05, 0.1) is 10.6 Å². The Morgan fingerprint density at radius 2 is 2.31 bits per heavy atom. The molecule has 3 heteroatoms. The molecule has 2 unspecified atom stereocenters. The van der Waals surface area contributed by atoms with Crippen molar-refractivity contribution in [1.29, 1.82) is 0 Å². The highest BCUT2D eigenvalue weighted by Gasteiger charge is 2.30. The largest absolute Gasteiger partial charge is 0.384 e. The maximum absolute atomic E-state index is 10.2. The summed E-state index contributed by atoms with van der Waals surface area (Å²) in [5.74, 6) is 0.271. The third kappa shape index (κ3) is 2.09. The van der Waals surface area contributed by atoms with Gasteiger partial charge in [-0.2, -0.15) is 4.37 Å². The van der Waals surface area contributed by atoms with Gasteiger partial charge < -0.3 is 5.11 Å². The summed E-state index contributed by atoms with van der Waals surface area (Å²) < 4.78 is 4.18. The van der Waals surface area contributed by atoms with Crippen molar-refractivity contribution in [2.45, 2.75) is 39.7 Å². The fourth-order valence-electron chi connectivity index (χ4n) is 1.24. The van der Waals surface area contributed by atoms with Crippen LogP contribution < -0.4 is 0 Å². The van der Waals surface area contributed by atoms with Crippen molar-refractivity contribution in [3.8, 4) is 0 Å². The molecule has 2 atom stereocenters. The molecule has 0 fully saturated rings. The van der Waals surface area contributed by atoms with E-state index in [0.29, 0.717) is 0 Å². The van der Waals surface area contributed by atoms with Crippen molar-refractivity contribution in [3.05, 3.63) is 16.6 Å². The summed E-state index contributed by atoms with van der Waals surface area (Å²) in [5.41, 5.74) is 0.268. The van der Waals surface area contributed by atoms with E-state index in [2.05, 4.69) is 18.2 Å². The first-order chi connectivity index (χ1) is 5.98. The van der Waals surface area contributed by atoms with Crippen molar-refractivity contribution in [2.24, 2.45) is 5.92 Å². The minimum absolute atomic E-state index is 0.271. The normalized spacial score (nSPS) is 18.2. The number of nitrogens with zero attached hydrogens (tertiary/aromatic N) is 1. The van der Waals surface area contributed by atoms with E-state index >= 15 is 0 Å². The van der Waals surface area contributed by atoms with Crippen LogP contribution in [0.15, 0.2) is 6.07 Å². The lowest BCUT2D eigenvalue weighted by Crippen LogP contribution is -2.28. The van der Waals surface area contributed by atoms with E-state index in [9.17, 15) is 5.11 Å². The Hall–Kier alpha value is -0.410. The summed E-state index contributed by atoms with van der Waals surface area (Å²) >= 11 is 1.40. The second-order valence-electron chi connectivity index (χ2n) is 3.79. The number of hydrogen-bond donors (Lipinski definition) is 1. The first kappa shape index (κ1) is 10.7. The molecule has 0 spiro atoms. The lowest BCUT2D eigenvalue weighted by molar-refractivity contribution is 0.00348. The molecule has 0 saturated carbocycles. The summed E-state index contributed by atoms with van der Waals surface area (Å²) in [5, 5.41) is 10.2. The third-order valence-corrected chi connectivity index (χ3v) is 3.81. The van der Waals surface area contributed by atoms with E-state index in [1.165, 1.54) is 11.5 Å². The zero-order valence-corrected chi connectivity index (χ0v) is 9.48. The predicted molar refractivity (Wildman–Crippen MR) is 55.9 cm³/mol. The predicted octanol–water partition coefficient (Wildman–Crippen LogP) is 2.71. The molecule has 1 rings (SSSR count). The average Bonchev–Trinajstić information content (AvgIpc) is 2.50. The average molecular weight is 199 g/mol. The standard InChI is InChI=1S/C10H17NOS/c1-5-7(2)10(4,12)9-6-8(3)11-13-9/h6-7,12H,5H2,1-4H3.